The minimum absolute atomic E-state index is 0.0810. The molecule has 0 N–H and O–H groups in total. The number of likely N-dealkylation sites (tertiary alicyclic amines) is 1. The highest BCUT2D eigenvalue weighted by molar-refractivity contribution is 5.79. The number of rotatable bonds is 4. The van der Waals surface area contributed by atoms with Gasteiger partial charge >= 0.3 is 6.18 Å². The van der Waals surface area contributed by atoms with Crippen LogP contribution in [0.15, 0.2) is 18.2 Å². The molecule has 1 atom stereocenters. The molecule has 35 heavy (non-hydrogen) atoms. The van der Waals surface area contributed by atoms with E-state index in [0.29, 0.717) is 45.1 Å². The molecular formula is C23H27F3N6O3. The first-order chi connectivity index (χ1) is 16.7. The first-order valence-electron chi connectivity index (χ1n) is 12.0. The fourth-order valence-electron chi connectivity index (χ4n) is 5.60. The number of aromatic nitrogens is 3. The SMILES string of the molecule is O=C(C1CCN(c2ccc(C(F)(F)F)cc2[N+](=O)[O-])CC1)N1CCCC(c2nnc3n2CCC3)C1. The summed E-state index contributed by atoms with van der Waals surface area (Å²) in [5.41, 5.74) is -1.45. The summed E-state index contributed by atoms with van der Waals surface area (Å²) >= 11 is 0. The Bertz CT molecular complexity index is 1130. The van der Waals surface area contributed by atoms with Crippen molar-refractivity contribution >= 4 is 17.3 Å². The second kappa shape index (κ2) is 9.12. The Labute approximate surface area is 200 Å². The van der Waals surface area contributed by atoms with Gasteiger partial charge in [0.05, 0.1) is 10.5 Å². The molecule has 12 heteroatoms. The second-order valence-corrected chi connectivity index (χ2v) is 9.57. The van der Waals surface area contributed by atoms with Crippen LogP contribution in [-0.4, -0.2) is 56.7 Å². The molecule has 9 nitrogen and oxygen atoms in total. The minimum Gasteiger partial charge on any atom is -0.366 e. The van der Waals surface area contributed by atoms with E-state index in [2.05, 4.69) is 14.8 Å². The van der Waals surface area contributed by atoms with Gasteiger partial charge in [-0.05, 0) is 44.2 Å². The molecule has 2 saturated heterocycles. The lowest BCUT2D eigenvalue weighted by Gasteiger charge is -2.38. The fraction of sp³-hybridized carbons (Fsp3) is 0.609. The monoisotopic (exact) mass is 492 g/mol. The van der Waals surface area contributed by atoms with Crippen molar-refractivity contribution in [2.45, 2.75) is 57.2 Å². The maximum absolute atomic E-state index is 13.3. The molecule has 1 unspecified atom stereocenters. The number of hydrogen-bond donors (Lipinski definition) is 0. The lowest BCUT2D eigenvalue weighted by molar-refractivity contribution is -0.384. The van der Waals surface area contributed by atoms with Crippen molar-refractivity contribution in [3.05, 3.63) is 45.5 Å². The highest BCUT2D eigenvalue weighted by Crippen LogP contribution is 2.38. The number of nitrogens with zero attached hydrogens (tertiary/aromatic N) is 6. The number of hydrogen-bond acceptors (Lipinski definition) is 6. The predicted octanol–water partition coefficient (Wildman–Crippen LogP) is 3.77. The van der Waals surface area contributed by atoms with Gasteiger partial charge < -0.3 is 14.4 Å². The standard InChI is InChI=1S/C23H27F3N6O3/c24-23(25,26)17-5-6-18(19(13-17)32(34)35)29-11-7-15(8-12-29)22(33)30-9-1-3-16(14-30)21-28-27-20-4-2-10-31(20)21/h5-6,13,15-16H,1-4,7-12,14H2. The van der Waals surface area contributed by atoms with E-state index in [1.54, 1.807) is 4.90 Å². The molecule has 1 aromatic heterocycles. The molecule has 0 aliphatic carbocycles. The van der Waals surface area contributed by atoms with Crippen LogP contribution in [0.1, 0.15) is 55.2 Å². The van der Waals surface area contributed by atoms with Gasteiger partial charge in [0.1, 0.15) is 17.3 Å². The van der Waals surface area contributed by atoms with E-state index in [0.717, 1.165) is 56.0 Å². The normalized spacial score (nSPS) is 21.3. The van der Waals surface area contributed by atoms with Gasteiger partial charge in [-0.25, -0.2) is 0 Å². The Kier molecular flexibility index (Phi) is 6.14. The average Bonchev–Trinajstić information content (AvgIpc) is 3.47. The van der Waals surface area contributed by atoms with E-state index in [4.69, 9.17) is 0 Å². The van der Waals surface area contributed by atoms with Gasteiger partial charge in [-0.3, -0.25) is 14.9 Å². The van der Waals surface area contributed by atoms with Crippen molar-refractivity contribution < 1.29 is 22.9 Å². The maximum atomic E-state index is 13.3. The summed E-state index contributed by atoms with van der Waals surface area (Å²) in [6.07, 6.45) is 0.229. The highest BCUT2D eigenvalue weighted by Gasteiger charge is 2.37. The summed E-state index contributed by atoms with van der Waals surface area (Å²) in [7, 11) is 0. The Morgan fingerprint density at radius 2 is 1.83 bits per heavy atom. The molecule has 2 aromatic rings. The molecule has 1 aromatic carbocycles. The number of halogens is 3. The molecule has 3 aliphatic rings. The summed E-state index contributed by atoms with van der Waals surface area (Å²) in [6, 6.07) is 2.62. The van der Waals surface area contributed by atoms with Crippen LogP contribution >= 0.6 is 0 Å². The van der Waals surface area contributed by atoms with Crippen LogP contribution in [0.3, 0.4) is 0 Å². The number of fused-ring (bicyclic) bond motifs is 1. The zero-order valence-corrected chi connectivity index (χ0v) is 19.2. The van der Waals surface area contributed by atoms with Crippen molar-refractivity contribution in [3.63, 3.8) is 0 Å². The Balaban J connectivity index is 1.23. The molecule has 0 bridgehead atoms. The largest absolute Gasteiger partial charge is 0.416 e. The fourth-order valence-corrected chi connectivity index (χ4v) is 5.60. The van der Waals surface area contributed by atoms with Gasteiger partial charge in [0, 0.05) is 57.0 Å². The number of benzene rings is 1. The molecule has 188 valence electrons. The molecule has 3 aliphatic heterocycles. The molecule has 1 amide bonds. The zero-order valence-electron chi connectivity index (χ0n) is 19.2. The molecule has 0 radical (unpaired) electrons. The molecule has 0 spiro atoms. The zero-order chi connectivity index (χ0) is 24.7. The number of piperidine rings is 2. The molecule has 0 saturated carbocycles. The number of anilines is 1. The van der Waals surface area contributed by atoms with Gasteiger partial charge in [0.25, 0.3) is 5.69 Å². The molecule has 4 heterocycles. The summed E-state index contributed by atoms with van der Waals surface area (Å²) in [5.74, 6) is 2.04. The number of alkyl halides is 3. The summed E-state index contributed by atoms with van der Waals surface area (Å²) in [4.78, 5) is 27.6. The third kappa shape index (κ3) is 4.57. The second-order valence-electron chi connectivity index (χ2n) is 9.57. The van der Waals surface area contributed by atoms with E-state index in [1.165, 1.54) is 0 Å². The first-order valence-corrected chi connectivity index (χ1v) is 12.0. The average molecular weight is 493 g/mol. The molecular weight excluding hydrogens is 465 g/mol. The minimum atomic E-state index is -4.65. The molecule has 2 fully saturated rings. The predicted molar refractivity (Wildman–Crippen MR) is 120 cm³/mol. The van der Waals surface area contributed by atoms with Gasteiger partial charge in [0.2, 0.25) is 5.91 Å². The highest BCUT2D eigenvalue weighted by atomic mass is 19.4. The Hall–Kier alpha value is -3.18. The van der Waals surface area contributed by atoms with Gasteiger partial charge in [-0.2, -0.15) is 13.2 Å². The summed E-state index contributed by atoms with van der Waals surface area (Å²) in [6.45, 7) is 2.98. The number of aryl methyl sites for hydroxylation is 1. The smallest absolute Gasteiger partial charge is 0.366 e. The van der Waals surface area contributed by atoms with E-state index in [-0.39, 0.29) is 23.4 Å². The van der Waals surface area contributed by atoms with Crippen molar-refractivity contribution in [3.8, 4) is 0 Å². The number of amides is 1. The van der Waals surface area contributed by atoms with Crippen LogP contribution in [0.25, 0.3) is 0 Å². The maximum Gasteiger partial charge on any atom is 0.416 e. The van der Waals surface area contributed by atoms with E-state index >= 15 is 0 Å². The van der Waals surface area contributed by atoms with Crippen LogP contribution in [0.4, 0.5) is 24.5 Å². The summed E-state index contributed by atoms with van der Waals surface area (Å²) in [5, 5.41) is 20.2. The first kappa shape index (κ1) is 23.6. The van der Waals surface area contributed by atoms with Crippen molar-refractivity contribution in [2.75, 3.05) is 31.1 Å². The van der Waals surface area contributed by atoms with Crippen molar-refractivity contribution in [1.82, 2.24) is 19.7 Å². The van der Waals surface area contributed by atoms with Crippen LogP contribution in [0, 0.1) is 16.0 Å². The number of carbonyl (C=O) groups excluding carboxylic acids is 1. The number of carbonyl (C=O) groups is 1. The third-order valence-corrected chi connectivity index (χ3v) is 7.42. The van der Waals surface area contributed by atoms with Crippen LogP contribution in [0.5, 0.6) is 0 Å². The number of nitro groups is 1. The Morgan fingerprint density at radius 1 is 1.06 bits per heavy atom. The lowest BCUT2D eigenvalue weighted by Crippen LogP contribution is -2.46. The van der Waals surface area contributed by atoms with E-state index in [1.807, 2.05) is 4.90 Å². The quantitative estimate of drug-likeness (QED) is 0.476. The third-order valence-electron chi connectivity index (χ3n) is 7.42. The van der Waals surface area contributed by atoms with Gasteiger partial charge in [-0.1, -0.05) is 0 Å². The lowest BCUT2D eigenvalue weighted by atomic mass is 9.91. The van der Waals surface area contributed by atoms with Crippen molar-refractivity contribution in [1.29, 1.82) is 0 Å². The molecule has 5 rings (SSSR count). The van der Waals surface area contributed by atoms with E-state index in [9.17, 15) is 28.1 Å². The van der Waals surface area contributed by atoms with Crippen LogP contribution < -0.4 is 4.90 Å². The topological polar surface area (TPSA) is 97.4 Å². The Morgan fingerprint density at radius 3 is 2.54 bits per heavy atom. The summed E-state index contributed by atoms with van der Waals surface area (Å²) < 4.78 is 41.2. The van der Waals surface area contributed by atoms with E-state index < -0.39 is 22.4 Å². The van der Waals surface area contributed by atoms with Crippen molar-refractivity contribution in [2.24, 2.45) is 5.92 Å². The number of nitro benzene ring substituents is 1. The van der Waals surface area contributed by atoms with Crippen LogP contribution in [-0.2, 0) is 23.9 Å². The van der Waals surface area contributed by atoms with Crippen LogP contribution in [0.2, 0.25) is 0 Å². The van der Waals surface area contributed by atoms with Gasteiger partial charge in [-0.15, -0.1) is 10.2 Å². The van der Waals surface area contributed by atoms with Gasteiger partial charge in [0.15, 0.2) is 0 Å².